The second-order valence-corrected chi connectivity index (χ2v) is 4.13. The van der Waals surface area contributed by atoms with Crippen molar-refractivity contribution in [2.45, 2.75) is 13.1 Å². The monoisotopic (exact) mass is 298 g/mol. The lowest BCUT2D eigenvalue weighted by Crippen LogP contribution is -2.07. The summed E-state index contributed by atoms with van der Waals surface area (Å²) < 4.78 is 42.4. The minimum atomic E-state index is -4.52. The molecule has 0 aromatic carbocycles. The number of carboxylic acid groups (broad SMARTS) is 1. The van der Waals surface area contributed by atoms with Gasteiger partial charge in [0.25, 0.3) is 0 Å². The number of nitrogens with zero attached hydrogens (tertiary/aromatic N) is 2. The lowest BCUT2D eigenvalue weighted by molar-refractivity contribution is -0.141. The third-order valence-corrected chi connectivity index (χ3v) is 2.52. The summed E-state index contributed by atoms with van der Waals surface area (Å²) in [6.45, 7) is 1.58. The molecule has 0 atom stereocenters. The molecule has 2 aromatic rings. The predicted octanol–water partition coefficient (Wildman–Crippen LogP) is 3.29. The van der Waals surface area contributed by atoms with Gasteiger partial charge >= 0.3 is 12.1 Å². The molecular formula is C13H9F3N2O3. The largest absolute Gasteiger partial charge is 0.478 e. The molecule has 0 amide bonds. The molecule has 0 spiro atoms. The van der Waals surface area contributed by atoms with Crippen LogP contribution in [0.3, 0.4) is 0 Å². The Bertz CT molecular complexity index is 669. The fourth-order valence-electron chi connectivity index (χ4n) is 1.51. The van der Waals surface area contributed by atoms with Crippen LogP contribution in [0.4, 0.5) is 13.2 Å². The second-order valence-electron chi connectivity index (χ2n) is 4.13. The van der Waals surface area contributed by atoms with Crippen molar-refractivity contribution in [2.24, 2.45) is 0 Å². The van der Waals surface area contributed by atoms with Crippen LogP contribution in [0.5, 0.6) is 11.6 Å². The molecule has 8 heteroatoms. The molecule has 5 nitrogen and oxygen atoms in total. The fraction of sp³-hybridized carbons (Fsp3) is 0.154. The highest BCUT2D eigenvalue weighted by Crippen LogP contribution is 2.29. The first-order valence-corrected chi connectivity index (χ1v) is 5.68. The van der Waals surface area contributed by atoms with Crippen LogP contribution >= 0.6 is 0 Å². The molecule has 0 aliphatic heterocycles. The average Bonchev–Trinajstić information content (AvgIpc) is 2.40. The molecule has 110 valence electrons. The fourth-order valence-corrected chi connectivity index (χ4v) is 1.51. The third-order valence-electron chi connectivity index (χ3n) is 2.52. The van der Waals surface area contributed by atoms with Crippen molar-refractivity contribution in [3.63, 3.8) is 0 Å². The molecule has 0 saturated carbocycles. The van der Waals surface area contributed by atoms with Crippen molar-refractivity contribution in [3.8, 4) is 11.6 Å². The van der Waals surface area contributed by atoms with Gasteiger partial charge in [-0.2, -0.15) is 13.2 Å². The van der Waals surface area contributed by atoms with Crippen LogP contribution < -0.4 is 4.74 Å². The minimum Gasteiger partial charge on any atom is -0.478 e. The first-order valence-electron chi connectivity index (χ1n) is 5.68. The maximum Gasteiger partial charge on any atom is 0.433 e. The summed E-state index contributed by atoms with van der Waals surface area (Å²) in [5, 5.41) is 8.80. The number of hydrogen-bond donors (Lipinski definition) is 1. The summed E-state index contributed by atoms with van der Waals surface area (Å²) in [4.78, 5) is 17.8. The number of hydrogen-bond acceptors (Lipinski definition) is 4. The van der Waals surface area contributed by atoms with Crippen LogP contribution in [0.2, 0.25) is 0 Å². The number of aromatic carboxylic acids is 1. The molecule has 0 fully saturated rings. The summed E-state index contributed by atoms with van der Waals surface area (Å²) in [7, 11) is 0. The van der Waals surface area contributed by atoms with E-state index in [9.17, 15) is 18.0 Å². The Balaban J connectivity index is 2.20. The Morgan fingerprint density at radius 1 is 1.24 bits per heavy atom. The molecule has 0 bridgehead atoms. The normalized spacial score (nSPS) is 11.2. The van der Waals surface area contributed by atoms with Gasteiger partial charge in [0.15, 0.2) is 0 Å². The van der Waals surface area contributed by atoms with Crippen LogP contribution in [0.1, 0.15) is 21.6 Å². The summed E-state index contributed by atoms with van der Waals surface area (Å²) in [5.74, 6) is -0.961. The summed E-state index contributed by atoms with van der Waals surface area (Å²) >= 11 is 0. The summed E-state index contributed by atoms with van der Waals surface area (Å²) in [5.41, 5.74) is -0.596. The zero-order valence-electron chi connectivity index (χ0n) is 10.7. The number of aryl methyl sites for hydroxylation is 1. The molecule has 0 saturated heterocycles. The van der Waals surface area contributed by atoms with Crippen LogP contribution in [0.15, 0.2) is 30.6 Å². The predicted molar refractivity (Wildman–Crippen MR) is 65.2 cm³/mol. The zero-order valence-corrected chi connectivity index (χ0v) is 10.7. The standard InChI is InChI=1S/C13H9F3N2O3/c1-7-4-8(12(19)20)5-18-11(7)21-9-2-3-10(17-6-9)13(14,15)16/h2-6H,1H3,(H,19,20). The van der Waals surface area contributed by atoms with E-state index in [0.29, 0.717) is 5.56 Å². The van der Waals surface area contributed by atoms with Gasteiger partial charge in [-0.25, -0.2) is 14.8 Å². The Kier molecular flexibility index (Phi) is 3.79. The number of carbonyl (C=O) groups is 1. The van der Waals surface area contributed by atoms with Gasteiger partial charge in [0.05, 0.1) is 11.8 Å². The van der Waals surface area contributed by atoms with Gasteiger partial charge in [-0.3, -0.25) is 0 Å². The Hall–Kier alpha value is -2.64. The molecule has 2 aromatic heterocycles. The van der Waals surface area contributed by atoms with E-state index in [4.69, 9.17) is 9.84 Å². The van der Waals surface area contributed by atoms with Gasteiger partial charge in [0.2, 0.25) is 5.88 Å². The highest BCUT2D eigenvalue weighted by molar-refractivity contribution is 5.87. The SMILES string of the molecule is Cc1cc(C(=O)O)cnc1Oc1ccc(C(F)(F)F)nc1. The molecule has 1 N–H and O–H groups in total. The van der Waals surface area contributed by atoms with E-state index in [1.165, 1.54) is 6.07 Å². The molecule has 0 radical (unpaired) electrons. The Labute approximate surface area is 117 Å². The van der Waals surface area contributed by atoms with E-state index in [-0.39, 0.29) is 17.2 Å². The number of halogens is 3. The van der Waals surface area contributed by atoms with Crippen molar-refractivity contribution < 1.29 is 27.8 Å². The molecule has 2 rings (SSSR count). The van der Waals surface area contributed by atoms with Crippen molar-refractivity contribution in [2.75, 3.05) is 0 Å². The molecular weight excluding hydrogens is 289 g/mol. The molecule has 0 unspecified atom stereocenters. The first-order chi connectivity index (χ1) is 9.77. The average molecular weight is 298 g/mol. The van der Waals surface area contributed by atoms with E-state index >= 15 is 0 Å². The number of rotatable bonds is 3. The van der Waals surface area contributed by atoms with Crippen LogP contribution in [0.25, 0.3) is 0 Å². The van der Waals surface area contributed by atoms with Gasteiger partial charge < -0.3 is 9.84 Å². The molecule has 21 heavy (non-hydrogen) atoms. The van der Waals surface area contributed by atoms with Gasteiger partial charge in [-0.15, -0.1) is 0 Å². The number of carboxylic acids is 1. The molecule has 0 aliphatic carbocycles. The number of aromatic nitrogens is 2. The molecule has 0 aliphatic rings. The smallest absolute Gasteiger partial charge is 0.433 e. The molecule has 2 heterocycles. The lowest BCUT2D eigenvalue weighted by atomic mass is 10.2. The zero-order chi connectivity index (χ0) is 15.6. The Morgan fingerprint density at radius 3 is 2.43 bits per heavy atom. The van der Waals surface area contributed by atoms with E-state index in [0.717, 1.165) is 24.5 Å². The van der Waals surface area contributed by atoms with Crippen molar-refractivity contribution in [3.05, 3.63) is 47.4 Å². The van der Waals surface area contributed by atoms with E-state index in [1.54, 1.807) is 6.92 Å². The Morgan fingerprint density at radius 2 is 1.95 bits per heavy atom. The maximum absolute atomic E-state index is 12.4. The highest BCUT2D eigenvalue weighted by atomic mass is 19.4. The van der Waals surface area contributed by atoms with Crippen LogP contribution in [0, 0.1) is 6.92 Å². The number of alkyl halides is 3. The van der Waals surface area contributed by atoms with Crippen molar-refractivity contribution in [1.29, 1.82) is 0 Å². The van der Waals surface area contributed by atoms with Crippen molar-refractivity contribution >= 4 is 5.97 Å². The van der Waals surface area contributed by atoms with Gasteiger partial charge in [0, 0.05) is 11.8 Å². The summed E-state index contributed by atoms with van der Waals surface area (Å²) in [6, 6.07) is 3.25. The topological polar surface area (TPSA) is 72.3 Å². The van der Waals surface area contributed by atoms with E-state index < -0.39 is 17.8 Å². The minimum absolute atomic E-state index is 0.00889. The van der Waals surface area contributed by atoms with Crippen molar-refractivity contribution in [1.82, 2.24) is 9.97 Å². The number of ether oxygens (including phenoxy) is 1. The van der Waals surface area contributed by atoms with Gasteiger partial charge in [0.1, 0.15) is 11.4 Å². The number of pyridine rings is 2. The second kappa shape index (κ2) is 5.39. The van der Waals surface area contributed by atoms with Gasteiger partial charge in [-0.1, -0.05) is 0 Å². The van der Waals surface area contributed by atoms with Crippen LogP contribution in [-0.2, 0) is 6.18 Å². The first kappa shape index (κ1) is 14.8. The van der Waals surface area contributed by atoms with E-state index in [2.05, 4.69) is 9.97 Å². The third kappa shape index (κ3) is 3.47. The summed E-state index contributed by atoms with van der Waals surface area (Å²) in [6.07, 6.45) is -2.49. The maximum atomic E-state index is 12.4. The van der Waals surface area contributed by atoms with Gasteiger partial charge in [-0.05, 0) is 25.1 Å². The highest BCUT2D eigenvalue weighted by Gasteiger charge is 2.32. The van der Waals surface area contributed by atoms with E-state index in [1.807, 2.05) is 0 Å². The lowest BCUT2D eigenvalue weighted by Gasteiger charge is -2.09. The van der Waals surface area contributed by atoms with Crippen LogP contribution in [-0.4, -0.2) is 21.0 Å². The quantitative estimate of drug-likeness (QED) is 0.941.